The molecule has 1 aliphatic rings. The third-order valence-electron chi connectivity index (χ3n) is 4.38. The average Bonchev–Trinajstić information content (AvgIpc) is 3.17. The molecule has 0 fully saturated rings. The van der Waals surface area contributed by atoms with E-state index in [4.69, 9.17) is 30.5 Å². The Hall–Kier alpha value is -2.93. The Labute approximate surface area is 174 Å². The predicted molar refractivity (Wildman–Crippen MR) is 106 cm³/mol. The molecule has 0 spiro atoms. The van der Waals surface area contributed by atoms with E-state index in [1.807, 2.05) is 32.0 Å². The van der Waals surface area contributed by atoms with Crippen molar-refractivity contribution in [2.24, 2.45) is 0 Å². The van der Waals surface area contributed by atoms with Gasteiger partial charge >= 0.3 is 5.97 Å². The third-order valence-corrected chi connectivity index (χ3v) is 4.62. The molecular formula is C21H22ClNO6. The SMILES string of the molecule is CCN(Cc1ccc2c(c1)OCO2)C(=O)COC(=O)COc1ccc(Cl)cc1C. The van der Waals surface area contributed by atoms with Gasteiger partial charge < -0.3 is 23.8 Å². The molecule has 0 radical (unpaired) electrons. The highest BCUT2D eigenvalue weighted by Gasteiger charge is 2.18. The Balaban J connectivity index is 1.47. The molecule has 0 aliphatic carbocycles. The van der Waals surface area contributed by atoms with Crippen molar-refractivity contribution in [3.63, 3.8) is 0 Å². The van der Waals surface area contributed by atoms with Gasteiger partial charge in [-0.15, -0.1) is 0 Å². The van der Waals surface area contributed by atoms with Gasteiger partial charge in [0.25, 0.3) is 5.91 Å². The van der Waals surface area contributed by atoms with Crippen LogP contribution in [0, 0.1) is 6.92 Å². The van der Waals surface area contributed by atoms with Gasteiger partial charge in [0.2, 0.25) is 6.79 Å². The molecule has 8 heteroatoms. The fraction of sp³-hybridized carbons (Fsp3) is 0.333. The first kappa shape index (κ1) is 20.8. The van der Waals surface area contributed by atoms with Crippen LogP contribution in [0.1, 0.15) is 18.1 Å². The number of likely N-dealkylation sites (N-methyl/N-ethyl adjacent to an activating group) is 1. The van der Waals surface area contributed by atoms with Crippen molar-refractivity contribution < 1.29 is 28.5 Å². The third kappa shape index (κ3) is 5.54. The van der Waals surface area contributed by atoms with E-state index in [9.17, 15) is 9.59 Å². The van der Waals surface area contributed by atoms with E-state index in [-0.39, 0.29) is 25.9 Å². The van der Waals surface area contributed by atoms with E-state index >= 15 is 0 Å². The Morgan fingerprint density at radius 3 is 2.66 bits per heavy atom. The predicted octanol–water partition coefficient (Wildman–Crippen LogP) is 3.35. The molecule has 0 saturated heterocycles. The fourth-order valence-corrected chi connectivity index (χ4v) is 3.05. The number of hydrogen-bond acceptors (Lipinski definition) is 6. The molecule has 2 aromatic rings. The number of halogens is 1. The largest absolute Gasteiger partial charge is 0.482 e. The molecule has 154 valence electrons. The summed E-state index contributed by atoms with van der Waals surface area (Å²) in [6.07, 6.45) is 0. The van der Waals surface area contributed by atoms with Crippen LogP contribution in [-0.4, -0.2) is 43.3 Å². The highest BCUT2D eigenvalue weighted by molar-refractivity contribution is 6.30. The summed E-state index contributed by atoms with van der Waals surface area (Å²) in [5.74, 6) is 0.976. The molecular weight excluding hydrogens is 398 g/mol. The van der Waals surface area contributed by atoms with Crippen molar-refractivity contribution in [3.8, 4) is 17.2 Å². The standard InChI is InChI=1S/C21H22ClNO6/c1-3-23(10-15-4-6-18-19(9-15)29-13-28-18)20(24)11-27-21(25)12-26-17-7-5-16(22)8-14(17)2/h4-9H,3,10-13H2,1-2H3. The van der Waals surface area contributed by atoms with Gasteiger partial charge in [0.1, 0.15) is 5.75 Å². The highest BCUT2D eigenvalue weighted by atomic mass is 35.5. The van der Waals surface area contributed by atoms with Crippen LogP contribution in [0.4, 0.5) is 0 Å². The minimum atomic E-state index is -0.619. The van der Waals surface area contributed by atoms with E-state index in [0.29, 0.717) is 35.4 Å². The van der Waals surface area contributed by atoms with Gasteiger partial charge in [-0.2, -0.15) is 0 Å². The zero-order valence-corrected chi connectivity index (χ0v) is 17.0. The molecule has 0 N–H and O–H groups in total. The summed E-state index contributed by atoms with van der Waals surface area (Å²) in [5, 5.41) is 0.588. The van der Waals surface area contributed by atoms with Gasteiger partial charge in [-0.25, -0.2) is 4.79 Å². The lowest BCUT2D eigenvalue weighted by atomic mass is 10.2. The lowest BCUT2D eigenvalue weighted by molar-refractivity contribution is -0.153. The van der Waals surface area contributed by atoms with E-state index in [1.54, 1.807) is 23.1 Å². The molecule has 0 aromatic heterocycles. The van der Waals surface area contributed by atoms with E-state index in [1.165, 1.54) is 0 Å². The molecule has 0 unspecified atom stereocenters. The number of benzene rings is 2. The number of hydrogen-bond donors (Lipinski definition) is 0. The van der Waals surface area contributed by atoms with Crippen LogP contribution in [0.3, 0.4) is 0 Å². The Bertz CT molecular complexity index is 901. The lowest BCUT2D eigenvalue weighted by Crippen LogP contribution is -2.34. The Morgan fingerprint density at radius 1 is 1.10 bits per heavy atom. The lowest BCUT2D eigenvalue weighted by Gasteiger charge is -2.21. The van der Waals surface area contributed by atoms with Crippen LogP contribution in [0.15, 0.2) is 36.4 Å². The molecule has 7 nitrogen and oxygen atoms in total. The maximum atomic E-state index is 12.4. The van der Waals surface area contributed by atoms with Crippen LogP contribution in [-0.2, 0) is 20.9 Å². The van der Waals surface area contributed by atoms with Crippen LogP contribution >= 0.6 is 11.6 Å². The number of carbonyl (C=O) groups is 2. The minimum absolute atomic E-state index is 0.197. The molecule has 29 heavy (non-hydrogen) atoms. The van der Waals surface area contributed by atoms with Gasteiger partial charge in [0.05, 0.1) is 0 Å². The Morgan fingerprint density at radius 2 is 1.90 bits per heavy atom. The number of carbonyl (C=O) groups excluding carboxylic acids is 2. The van der Waals surface area contributed by atoms with Crippen LogP contribution in [0.5, 0.6) is 17.2 Å². The molecule has 2 aromatic carbocycles. The first-order valence-corrected chi connectivity index (χ1v) is 9.55. The highest BCUT2D eigenvalue weighted by Crippen LogP contribution is 2.32. The summed E-state index contributed by atoms with van der Waals surface area (Å²) in [5.41, 5.74) is 1.71. The van der Waals surface area contributed by atoms with Gasteiger partial charge in [-0.05, 0) is 55.3 Å². The summed E-state index contributed by atoms with van der Waals surface area (Å²) in [6.45, 7) is 4.10. The number of aryl methyl sites for hydroxylation is 1. The topological polar surface area (TPSA) is 74.3 Å². The first-order chi connectivity index (χ1) is 14.0. The quantitative estimate of drug-likeness (QED) is 0.611. The molecule has 0 atom stereocenters. The number of amides is 1. The maximum Gasteiger partial charge on any atom is 0.344 e. The van der Waals surface area contributed by atoms with Gasteiger partial charge in [0.15, 0.2) is 24.7 Å². The second kappa shape index (κ2) is 9.52. The van der Waals surface area contributed by atoms with Crippen molar-refractivity contribution >= 4 is 23.5 Å². The smallest absolute Gasteiger partial charge is 0.344 e. The average molecular weight is 420 g/mol. The Kier molecular flexibility index (Phi) is 6.82. The fourth-order valence-electron chi connectivity index (χ4n) is 2.82. The summed E-state index contributed by atoms with van der Waals surface area (Å²) in [7, 11) is 0. The van der Waals surface area contributed by atoms with Gasteiger partial charge in [0, 0.05) is 18.1 Å². The molecule has 0 saturated carbocycles. The summed E-state index contributed by atoms with van der Waals surface area (Å²) >= 11 is 5.89. The van der Waals surface area contributed by atoms with Crippen LogP contribution in [0.2, 0.25) is 5.02 Å². The molecule has 1 amide bonds. The monoisotopic (exact) mass is 419 g/mol. The second-order valence-corrected chi connectivity index (χ2v) is 6.89. The normalized spacial score (nSPS) is 11.8. The summed E-state index contributed by atoms with van der Waals surface area (Å²) < 4.78 is 21.1. The maximum absolute atomic E-state index is 12.4. The molecule has 1 aliphatic heterocycles. The van der Waals surface area contributed by atoms with Gasteiger partial charge in [-0.3, -0.25) is 4.79 Å². The van der Waals surface area contributed by atoms with Gasteiger partial charge in [-0.1, -0.05) is 17.7 Å². The second-order valence-electron chi connectivity index (χ2n) is 6.45. The van der Waals surface area contributed by atoms with Crippen molar-refractivity contribution in [1.82, 2.24) is 4.90 Å². The number of fused-ring (bicyclic) bond motifs is 1. The molecule has 0 bridgehead atoms. The number of rotatable bonds is 8. The number of esters is 1. The number of nitrogens with zero attached hydrogens (tertiary/aromatic N) is 1. The summed E-state index contributed by atoms with van der Waals surface area (Å²) in [4.78, 5) is 25.9. The number of ether oxygens (including phenoxy) is 4. The van der Waals surface area contributed by atoms with Crippen LogP contribution < -0.4 is 14.2 Å². The zero-order valence-electron chi connectivity index (χ0n) is 16.3. The summed E-state index contributed by atoms with van der Waals surface area (Å²) in [6, 6.07) is 10.6. The first-order valence-electron chi connectivity index (χ1n) is 9.17. The van der Waals surface area contributed by atoms with Crippen LogP contribution in [0.25, 0.3) is 0 Å². The van der Waals surface area contributed by atoms with Crippen molar-refractivity contribution in [1.29, 1.82) is 0 Å². The molecule has 1 heterocycles. The zero-order chi connectivity index (χ0) is 20.8. The van der Waals surface area contributed by atoms with Crippen molar-refractivity contribution in [2.45, 2.75) is 20.4 Å². The van der Waals surface area contributed by atoms with Crippen molar-refractivity contribution in [2.75, 3.05) is 26.6 Å². The van der Waals surface area contributed by atoms with Crippen molar-refractivity contribution in [3.05, 3.63) is 52.5 Å². The molecule has 3 rings (SSSR count). The van der Waals surface area contributed by atoms with E-state index in [0.717, 1.165) is 11.1 Å². The van der Waals surface area contributed by atoms with E-state index in [2.05, 4.69) is 0 Å². The van der Waals surface area contributed by atoms with E-state index < -0.39 is 5.97 Å². The minimum Gasteiger partial charge on any atom is -0.482 e.